The van der Waals surface area contributed by atoms with Gasteiger partial charge < -0.3 is 14.8 Å². The van der Waals surface area contributed by atoms with Gasteiger partial charge in [-0.2, -0.15) is 0 Å². The van der Waals surface area contributed by atoms with Gasteiger partial charge in [-0.1, -0.05) is 6.08 Å². The molecule has 0 aromatic rings. The highest BCUT2D eigenvalue weighted by Crippen LogP contribution is 2.06. The maximum Gasteiger partial charge on any atom is 0.407 e. The molecule has 0 radical (unpaired) electrons. The van der Waals surface area contributed by atoms with Crippen molar-refractivity contribution in [2.24, 2.45) is 0 Å². The standard InChI is InChI=1S/C13H23NO4/c1-13(2,3)18-12(16)14-10-8-6-5-7-9-11(15)17-4/h7,9H,5-6,8,10H2,1-4H3,(H,14,16). The molecule has 0 aliphatic carbocycles. The summed E-state index contributed by atoms with van der Waals surface area (Å²) in [7, 11) is 1.34. The summed E-state index contributed by atoms with van der Waals surface area (Å²) >= 11 is 0. The molecular formula is C13H23NO4. The lowest BCUT2D eigenvalue weighted by molar-refractivity contribution is -0.134. The molecule has 0 rings (SSSR count). The highest BCUT2D eigenvalue weighted by atomic mass is 16.6. The quantitative estimate of drug-likeness (QED) is 0.451. The summed E-state index contributed by atoms with van der Waals surface area (Å²) in [4.78, 5) is 22.0. The first kappa shape index (κ1) is 16.5. The van der Waals surface area contributed by atoms with Crippen LogP contribution in [0.3, 0.4) is 0 Å². The number of alkyl carbamates (subject to hydrolysis) is 1. The molecule has 0 aliphatic heterocycles. The first-order valence-electron chi connectivity index (χ1n) is 6.06. The second-order valence-electron chi connectivity index (χ2n) is 4.85. The van der Waals surface area contributed by atoms with E-state index in [0.29, 0.717) is 6.54 Å². The zero-order valence-electron chi connectivity index (χ0n) is 11.6. The van der Waals surface area contributed by atoms with Crippen molar-refractivity contribution in [3.8, 4) is 0 Å². The fraction of sp³-hybridized carbons (Fsp3) is 0.692. The Bertz CT molecular complexity index is 292. The van der Waals surface area contributed by atoms with Gasteiger partial charge in [-0.15, -0.1) is 0 Å². The number of methoxy groups -OCH3 is 1. The van der Waals surface area contributed by atoms with Gasteiger partial charge in [-0.25, -0.2) is 9.59 Å². The minimum Gasteiger partial charge on any atom is -0.466 e. The van der Waals surface area contributed by atoms with Gasteiger partial charge in [0, 0.05) is 12.6 Å². The Labute approximate surface area is 109 Å². The van der Waals surface area contributed by atoms with Crippen LogP contribution in [-0.4, -0.2) is 31.3 Å². The van der Waals surface area contributed by atoms with Gasteiger partial charge in [0.15, 0.2) is 0 Å². The summed E-state index contributed by atoms with van der Waals surface area (Å²) in [6.07, 6.45) is 5.28. The number of allylic oxidation sites excluding steroid dienone is 1. The molecule has 18 heavy (non-hydrogen) atoms. The minimum atomic E-state index is -0.465. The molecule has 104 valence electrons. The molecule has 5 heteroatoms. The number of amides is 1. The third-order valence-electron chi connectivity index (χ3n) is 1.92. The zero-order chi connectivity index (χ0) is 14.0. The molecule has 0 bridgehead atoms. The van der Waals surface area contributed by atoms with Gasteiger partial charge in [0.05, 0.1) is 7.11 Å². The van der Waals surface area contributed by atoms with Gasteiger partial charge in [0.1, 0.15) is 5.60 Å². The number of carbonyl (C=O) groups is 2. The zero-order valence-corrected chi connectivity index (χ0v) is 11.6. The highest BCUT2D eigenvalue weighted by Gasteiger charge is 2.15. The van der Waals surface area contributed by atoms with Crippen LogP contribution in [0.5, 0.6) is 0 Å². The van der Waals surface area contributed by atoms with Gasteiger partial charge in [-0.05, 0) is 40.0 Å². The molecular weight excluding hydrogens is 234 g/mol. The van der Waals surface area contributed by atoms with Crippen LogP contribution in [0.15, 0.2) is 12.2 Å². The second kappa shape index (κ2) is 8.55. The summed E-state index contributed by atoms with van der Waals surface area (Å²) in [5.74, 6) is -0.345. The van der Waals surface area contributed by atoms with Crippen molar-refractivity contribution in [1.29, 1.82) is 0 Å². The summed E-state index contributed by atoms with van der Waals surface area (Å²) in [6.45, 7) is 6.04. The lowest BCUT2D eigenvalue weighted by Crippen LogP contribution is -2.32. The molecule has 0 atom stereocenters. The van der Waals surface area contributed by atoms with Crippen molar-refractivity contribution in [2.45, 2.75) is 45.6 Å². The average molecular weight is 257 g/mol. The smallest absolute Gasteiger partial charge is 0.407 e. The Hall–Kier alpha value is -1.52. The molecule has 0 unspecified atom stereocenters. The number of esters is 1. The third kappa shape index (κ3) is 11.0. The van der Waals surface area contributed by atoms with Gasteiger partial charge in [0.2, 0.25) is 0 Å². The number of unbranched alkanes of at least 4 members (excludes halogenated alkanes) is 2. The molecule has 0 aromatic carbocycles. The lowest BCUT2D eigenvalue weighted by atomic mass is 10.2. The number of rotatable bonds is 6. The number of nitrogens with one attached hydrogen (secondary N) is 1. The number of carbonyl (C=O) groups excluding carboxylic acids is 2. The molecule has 0 aliphatic rings. The van der Waals surface area contributed by atoms with E-state index in [2.05, 4.69) is 10.1 Å². The second-order valence-corrected chi connectivity index (χ2v) is 4.85. The molecule has 0 fully saturated rings. The van der Waals surface area contributed by atoms with Gasteiger partial charge in [0.25, 0.3) is 0 Å². The van der Waals surface area contributed by atoms with Gasteiger partial charge in [-0.3, -0.25) is 0 Å². The van der Waals surface area contributed by atoms with Crippen molar-refractivity contribution in [2.75, 3.05) is 13.7 Å². The Morgan fingerprint density at radius 1 is 1.22 bits per heavy atom. The van der Waals surface area contributed by atoms with E-state index < -0.39 is 11.7 Å². The van der Waals surface area contributed by atoms with Gasteiger partial charge >= 0.3 is 12.1 Å². The Morgan fingerprint density at radius 2 is 1.89 bits per heavy atom. The summed E-state index contributed by atoms with van der Waals surface area (Å²) in [6, 6.07) is 0. The van der Waals surface area contributed by atoms with E-state index in [4.69, 9.17) is 4.74 Å². The molecule has 0 saturated heterocycles. The number of ether oxygens (including phenoxy) is 2. The van der Waals surface area contributed by atoms with Crippen LogP contribution in [0.4, 0.5) is 4.79 Å². The summed E-state index contributed by atoms with van der Waals surface area (Å²) in [5, 5.41) is 2.67. The Kier molecular flexibility index (Phi) is 7.83. The van der Waals surface area contributed by atoms with E-state index in [9.17, 15) is 9.59 Å². The van der Waals surface area contributed by atoms with E-state index >= 15 is 0 Å². The fourth-order valence-corrected chi connectivity index (χ4v) is 1.14. The minimum absolute atomic E-state index is 0.345. The van der Waals surface area contributed by atoms with Crippen LogP contribution in [-0.2, 0) is 14.3 Å². The van der Waals surface area contributed by atoms with Crippen LogP contribution >= 0.6 is 0 Å². The SMILES string of the molecule is COC(=O)C=CCCCCNC(=O)OC(C)(C)C. The highest BCUT2D eigenvalue weighted by molar-refractivity contribution is 5.81. The molecule has 0 heterocycles. The largest absolute Gasteiger partial charge is 0.466 e. The van der Waals surface area contributed by atoms with Crippen molar-refractivity contribution < 1.29 is 19.1 Å². The first-order valence-corrected chi connectivity index (χ1v) is 6.06. The monoisotopic (exact) mass is 257 g/mol. The van der Waals surface area contributed by atoms with E-state index in [0.717, 1.165) is 19.3 Å². The Morgan fingerprint density at radius 3 is 2.44 bits per heavy atom. The molecule has 1 N–H and O–H groups in total. The maximum absolute atomic E-state index is 11.3. The molecule has 1 amide bonds. The van der Waals surface area contributed by atoms with E-state index in [-0.39, 0.29) is 5.97 Å². The normalized spacial score (nSPS) is 11.3. The van der Waals surface area contributed by atoms with E-state index in [1.54, 1.807) is 6.08 Å². The van der Waals surface area contributed by atoms with E-state index in [1.165, 1.54) is 13.2 Å². The van der Waals surface area contributed by atoms with E-state index in [1.807, 2.05) is 20.8 Å². The van der Waals surface area contributed by atoms with Crippen molar-refractivity contribution >= 4 is 12.1 Å². The summed E-state index contributed by atoms with van der Waals surface area (Å²) in [5.41, 5.74) is -0.465. The predicted octanol–water partition coefficient (Wildman–Crippen LogP) is 2.41. The van der Waals surface area contributed by atoms with Crippen molar-refractivity contribution in [1.82, 2.24) is 5.32 Å². The molecule has 0 spiro atoms. The first-order chi connectivity index (χ1) is 8.35. The maximum atomic E-state index is 11.3. The van der Waals surface area contributed by atoms with Crippen molar-refractivity contribution in [3.63, 3.8) is 0 Å². The fourth-order valence-electron chi connectivity index (χ4n) is 1.14. The number of hydrogen-bond donors (Lipinski definition) is 1. The lowest BCUT2D eigenvalue weighted by Gasteiger charge is -2.19. The van der Waals surface area contributed by atoms with Crippen LogP contribution in [0.25, 0.3) is 0 Å². The topological polar surface area (TPSA) is 64.6 Å². The average Bonchev–Trinajstić information content (AvgIpc) is 2.25. The van der Waals surface area contributed by atoms with Crippen LogP contribution in [0.2, 0.25) is 0 Å². The summed E-state index contributed by atoms with van der Waals surface area (Å²) < 4.78 is 9.54. The number of hydrogen-bond acceptors (Lipinski definition) is 4. The predicted molar refractivity (Wildman–Crippen MR) is 69.2 cm³/mol. The molecule has 0 aromatic heterocycles. The van der Waals surface area contributed by atoms with Crippen LogP contribution in [0.1, 0.15) is 40.0 Å². The Balaban J connectivity index is 3.49. The molecule has 0 saturated carbocycles. The van der Waals surface area contributed by atoms with Crippen LogP contribution in [0, 0.1) is 0 Å². The van der Waals surface area contributed by atoms with Crippen molar-refractivity contribution in [3.05, 3.63) is 12.2 Å². The molecule has 5 nitrogen and oxygen atoms in total. The van der Waals surface area contributed by atoms with Crippen LogP contribution < -0.4 is 5.32 Å². The third-order valence-corrected chi connectivity index (χ3v) is 1.92.